The molecule has 0 atom stereocenters. The van der Waals surface area contributed by atoms with Crippen molar-refractivity contribution in [1.82, 2.24) is 10.3 Å². The van der Waals surface area contributed by atoms with Crippen LogP contribution in [0.25, 0.3) is 0 Å². The minimum Gasteiger partial charge on any atom is -0.493 e. The zero-order chi connectivity index (χ0) is 17.9. The van der Waals surface area contributed by atoms with Crippen LogP contribution in [-0.2, 0) is 13.2 Å². The summed E-state index contributed by atoms with van der Waals surface area (Å²) in [6.07, 6.45) is 8.54. The van der Waals surface area contributed by atoms with Gasteiger partial charge in [0.25, 0.3) is 0 Å². The average molecular weight is 363 g/mol. The molecule has 0 fully saturated rings. The lowest BCUT2D eigenvalue weighted by atomic mass is 10.2. The fraction of sp³-hybridized carbons (Fsp3) is 0.450. The SMILES string of the molecule is CCCCCCNCc1cc(Cl)c(OCc2cccnc2)c(OC)c1. The number of aromatic nitrogens is 1. The van der Waals surface area contributed by atoms with E-state index in [-0.39, 0.29) is 0 Å². The van der Waals surface area contributed by atoms with E-state index in [0.29, 0.717) is 23.1 Å². The number of nitrogens with zero attached hydrogens (tertiary/aromatic N) is 1. The second-order valence-corrected chi connectivity index (χ2v) is 6.40. The van der Waals surface area contributed by atoms with Crippen molar-refractivity contribution in [2.75, 3.05) is 13.7 Å². The molecule has 1 aromatic carbocycles. The van der Waals surface area contributed by atoms with Gasteiger partial charge in [-0.3, -0.25) is 4.98 Å². The van der Waals surface area contributed by atoms with Gasteiger partial charge in [-0.15, -0.1) is 0 Å². The molecule has 0 bridgehead atoms. The first kappa shape index (κ1) is 19.5. The van der Waals surface area contributed by atoms with Crippen molar-refractivity contribution in [3.05, 3.63) is 52.8 Å². The molecule has 136 valence electrons. The summed E-state index contributed by atoms with van der Waals surface area (Å²) >= 11 is 6.41. The molecule has 4 nitrogen and oxygen atoms in total. The fourth-order valence-corrected chi connectivity index (χ4v) is 2.85. The molecule has 25 heavy (non-hydrogen) atoms. The van der Waals surface area contributed by atoms with Crippen LogP contribution in [0.5, 0.6) is 11.5 Å². The predicted molar refractivity (Wildman–Crippen MR) is 102 cm³/mol. The molecule has 1 N–H and O–H groups in total. The van der Waals surface area contributed by atoms with Gasteiger partial charge in [0.1, 0.15) is 6.61 Å². The summed E-state index contributed by atoms with van der Waals surface area (Å²) in [5.41, 5.74) is 2.07. The monoisotopic (exact) mass is 362 g/mol. The largest absolute Gasteiger partial charge is 0.493 e. The van der Waals surface area contributed by atoms with Crippen molar-refractivity contribution in [3.63, 3.8) is 0 Å². The van der Waals surface area contributed by atoms with Crippen LogP contribution in [0.15, 0.2) is 36.7 Å². The highest BCUT2D eigenvalue weighted by molar-refractivity contribution is 6.32. The number of hydrogen-bond acceptors (Lipinski definition) is 4. The molecule has 0 unspecified atom stereocenters. The van der Waals surface area contributed by atoms with Crippen molar-refractivity contribution < 1.29 is 9.47 Å². The van der Waals surface area contributed by atoms with Crippen LogP contribution in [0.2, 0.25) is 5.02 Å². The number of halogens is 1. The Morgan fingerprint density at radius 1 is 1.16 bits per heavy atom. The van der Waals surface area contributed by atoms with E-state index < -0.39 is 0 Å². The Bertz CT molecular complexity index is 635. The van der Waals surface area contributed by atoms with E-state index in [2.05, 4.69) is 17.2 Å². The number of methoxy groups -OCH3 is 1. The minimum atomic E-state index is 0.402. The van der Waals surface area contributed by atoms with Crippen molar-refractivity contribution in [3.8, 4) is 11.5 Å². The molecule has 0 amide bonds. The third-order valence-electron chi connectivity index (χ3n) is 3.93. The van der Waals surface area contributed by atoms with Gasteiger partial charge in [-0.05, 0) is 36.7 Å². The maximum atomic E-state index is 6.41. The zero-order valence-electron chi connectivity index (χ0n) is 15.1. The Balaban J connectivity index is 1.92. The lowest BCUT2D eigenvalue weighted by Crippen LogP contribution is -2.14. The summed E-state index contributed by atoms with van der Waals surface area (Å²) < 4.78 is 11.3. The third-order valence-corrected chi connectivity index (χ3v) is 4.21. The predicted octanol–water partition coefficient (Wildman–Crippen LogP) is 4.99. The molecule has 0 saturated heterocycles. The molecule has 0 saturated carbocycles. The molecule has 0 spiro atoms. The molecule has 1 aromatic heterocycles. The first-order chi connectivity index (χ1) is 12.2. The maximum Gasteiger partial charge on any atom is 0.180 e. The number of unbranched alkanes of at least 4 members (excludes halogenated alkanes) is 3. The van der Waals surface area contributed by atoms with Gasteiger partial charge in [0.15, 0.2) is 11.5 Å². The first-order valence-electron chi connectivity index (χ1n) is 8.83. The van der Waals surface area contributed by atoms with E-state index in [1.165, 1.54) is 25.7 Å². The first-order valence-corrected chi connectivity index (χ1v) is 9.21. The van der Waals surface area contributed by atoms with Crippen LogP contribution in [0, 0.1) is 0 Å². The molecule has 0 radical (unpaired) electrons. The van der Waals surface area contributed by atoms with Gasteiger partial charge < -0.3 is 14.8 Å². The Morgan fingerprint density at radius 3 is 2.76 bits per heavy atom. The van der Waals surface area contributed by atoms with E-state index in [1.807, 2.05) is 24.3 Å². The van der Waals surface area contributed by atoms with Crippen LogP contribution in [0.1, 0.15) is 43.7 Å². The van der Waals surface area contributed by atoms with Crippen molar-refractivity contribution in [1.29, 1.82) is 0 Å². The van der Waals surface area contributed by atoms with Crippen molar-refractivity contribution in [2.45, 2.75) is 45.8 Å². The Kier molecular flexibility index (Phi) is 8.56. The summed E-state index contributed by atoms with van der Waals surface area (Å²) in [4.78, 5) is 4.08. The number of hydrogen-bond donors (Lipinski definition) is 1. The topological polar surface area (TPSA) is 43.4 Å². The molecular formula is C20H27ClN2O2. The molecule has 5 heteroatoms. The van der Waals surface area contributed by atoms with Crippen LogP contribution >= 0.6 is 11.6 Å². The van der Waals surface area contributed by atoms with E-state index >= 15 is 0 Å². The normalized spacial score (nSPS) is 10.7. The summed E-state index contributed by atoms with van der Waals surface area (Å²) in [6, 6.07) is 7.75. The second kappa shape index (κ2) is 11.0. The van der Waals surface area contributed by atoms with Crippen LogP contribution in [0.3, 0.4) is 0 Å². The van der Waals surface area contributed by atoms with Crippen LogP contribution < -0.4 is 14.8 Å². The average Bonchev–Trinajstić information content (AvgIpc) is 2.64. The zero-order valence-corrected chi connectivity index (χ0v) is 15.8. The summed E-state index contributed by atoms with van der Waals surface area (Å²) in [5, 5.41) is 4.01. The van der Waals surface area contributed by atoms with Gasteiger partial charge in [-0.1, -0.05) is 43.9 Å². The highest BCUT2D eigenvalue weighted by Crippen LogP contribution is 2.36. The number of rotatable bonds is 11. The minimum absolute atomic E-state index is 0.402. The molecule has 1 heterocycles. The van der Waals surface area contributed by atoms with Crippen molar-refractivity contribution >= 4 is 11.6 Å². The number of benzene rings is 1. The molecule has 0 aliphatic rings. The molecule has 0 aliphatic carbocycles. The van der Waals surface area contributed by atoms with Crippen LogP contribution in [0.4, 0.5) is 0 Å². The number of nitrogens with one attached hydrogen (secondary N) is 1. The van der Waals surface area contributed by atoms with E-state index in [1.54, 1.807) is 19.5 Å². The highest BCUT2D eigenvalue weighted by Gasteiger charge is 2.12. The van der Waals surface area contributed by atoms with E-state index in [4.69, 9.17) is 21.1 Å². The lowest BCUT2D eigenvalue weighted by Gasteiger charge is -2.14. The van der Waals surface area contributed by atoms with Gasteiger partial charge in [0, 0.05) is 24.5 Å². The second-order valence-electron chi connectivity index (χ2n) is 6.00. The van der Waals surface area contributed by atoms with Gasteiger partial charge in [-0.25, -0.2) is 0 Å². The van der Waals surface area contributed by atoms with E-state index in [0.717, 1.165) is 24.2 Å². The highest BCUT2D eigenvalue weighted by atomic mass is 35.5. The van der Waals surface area contributed by atoms with Gasteiger partial charge >= 0.3 is 0 Å². The summed E-state index contributed by atoms with van der Waals surface area (Å²) in [7, 11) is 1.63. The van der Waals surface area contributed by atoms with Gasteiger partial charge in [0.05, 0.1) is 12.1 Å². The van der Waals surface area contributed by atoms with Gasteiger partial charge in [0.2, 0.25) is 0 Å². The summed E-state index contributed by atoms with van der Waals surface area (Å²) in [5.74, 6) is 1.22. The quantitative estimate of drug-likeness (QED) is 0.572. The standard InChI is InChI=1S/C20H27ClN2O2/c1-3-4-5-6-9-22-14-17-11-18(21)20(19(12-17)24-2)25-15-16-8-7-10-23-13-16/h7-8,10-13,22H,3-6,9,14-15H2,1-2H3. The Hall–Kier alpha value is -1.78. The third kappa shape index (κ3) is 6.56. The number of ether oxygens (including phenoxy) is 2. The Morgan fingerprint density at radius 2 is 2.04 bits per heavy atom. The van der Waals surface area contributed by atoms with Crippen LogP contribution in [-0.4, -0.2) is 18.6 Å². The summed E-state index contributed by atoms with van der Waals surface area (Å²) in [6.45, 7) is 4.41. The molecule has 0 aliphatic heterocycles. The Labute approximate surface area is 155 Å². The van der Waals surface area contributed by atoms with Gasteiger partial charge in [-0.2, -0.15) is 0 Å². The molecular weight excluding hydrogens is 336 g/mol. The number of pyridine rings is 1. The fourth-order valence-electron chi connectivity index (χ4n) is 2.56. The lowest BCUT2D eigenvalue weighted by molar-refractivity contribution is 0.284. The molecule has 2 aromatic rings. The van der Waals surface area contributed by atoms with Crippen molar-refractivity contribution in [2.24, 2.45) is 0 Å². The van der Waals surface area contributed by atoms with E-state index in [9.17, 15) is 0 Å². The maximum absolute atomic E-state index is 6.41. The smallest absolute Gasteiger partial charge is 0.180 e. The molecule has 2 rings (SSSR count).